The molecule has 0 aliphatic carbocycles. The largest absolute Gasteiger partial charge is 0.373 e. The fraction of sp³-hybridized carbons (Fsp3) is 1.00. The van der Waals surface area contributed by atoms with Crippen molar-refractivity contribution in [2.45, 2.75) is 161 Å². The van der Waals surface area contributed by atoms with Crippen molar-refractivity contribution in [2.24, 2.45) is 0 Å². The van der Waals surface area contributed by atoms with Crippen molar-refractivity contribution in [3.63, 3.8) is 0 Å². The Morgan fingerprint density at radius 2 is 0.704 bits per heavy atom. The molecule has 0 unspecified atom stereocenters. The van der Waals surface area contributed by atoms with Crippen molar-refractivity contribution in [2.75, 3.05) is 6.61 Å². The van der Waals surface area contributed by atoms with Gasteiger partial charge < -0.3 is 4.74 Å². The van der Waals surface area contributed by atoms with E-state index in [1.807, 2.05) is 0 Å². The van der Waals surface area contributed by atoms with Crippen LogP contribution in [0.1, 0.15) is 155 Å². The molecule has 1 fully saturated rings. The maximum Gasteiger partial charge on any atom is 0.0810 e. The Hall–Kier alpha value is -0.0400. The molecule has 1 atom stereocenters. The summed E-state index contributed by atoms with van der Waals surface area (Å²) in [5, 5.41) is 0. The zero-order valence-corrected chi connectivity index (χ0v) is 19.0. The van der Waals surface area contributed by atoms with Crippen LogP contribution in [-0.4, -0.2) is 12.7 Å². The first-order valence-electron chi connectivity index (χ1n) is 13.0. The summed E-state index contributed by atoms with van der Waals surface area (Å²) >= 11 is 0. The van der Waals surface area contributed by atoms with Gasteiger partial charge in [0.25, 0.3) is 0 Å². The van der Waals surface area contributed by atoms with Crippen molar-refractivity contribution < 1.29 is 4.74 Å². The van der Waals surface area contributed by atoms with E-state index in [2.05, 4.69) is 6.92 Å². The minimum Gasteiger partial charge on any atom is -0.373 e. The lowest BCUT2D eigenvalue weighted by Gasteiger charge is -2.04. The molecular weight excluding hydrogens is 328 g/mol. The van der Waals surface area contributed by atoms with Crippen LogP contribution in [-0.2, 0) is 4.74 Å². The summed E-state index contributed by atoms with van der Waals surface area (Å²) in [6, 6.07) is 0. The summed E-state index contributed by atoms with van der Waals surface area (Å²) in [4.78, 5) is 0. The number of ether oxygens (including phenoxy) is 1. The average molecular weight is 381 g/mol. The molecule has 0 aromatic heterocycles. The van der Waals surface area contributed by atoms with E-state index in [0.717, 1.165) is 6.61 Å². The molecule has 1 heterocycles. The first-order chi connectivity index (χ1) is 13.4. The minimum absolute atomic E-state index is 0.648. The molecule has 1 heteroatoms. The standard InChI is InChI=1S/C26H52O/c1-2-3-4-5-6-7-8-9-10-11-12-13-14-15-16-17-18-19-20-21-22-23-24-26-25-27-26/h26H,2-25H2,1H3/t26-/m0/s1. The summed E-state index contributed by atoms with van der Waals surface area (Å²) in [5.41, 5.74) is 0. The summed E-state index contributed by atoms with van der Waals surface area (Å²) in [5.74, 6) is 0. The third kappa shape index (κ3) is 20.5. The van der Waals surface area contributed by atoms with E-state index < -0.39 is 0 Å². The number of rotatable bonds is 23. The van der Waals surface area contributed by atoms with Gasteiger partial charge in [0.15, 0.2) is 0 Å². The first kappa shape index (κ1) is 25.0. The number of hydrogen-bond acceptors (Lipinski definition) is 1. The van der Waals surface area contributed by atoms with Crippen LogP contribution in [0.3, 0.4) is 0 Å². The highest BCUT2D eigenvalue weighted by Gasteiger charge is 2.20. The molecular formula is C26H52O. The third-order valence-electron chi connectivity index (χ3n) is 6.28. The molecule has 0 aromatic carbocycles. The maximum atomic E-state index is 5.26. The molecule has 0 saturated carbocycles. The lowest BCUT2D eigenvalue weighted by molar-refractivity contribution is 0.387. The van der Waals surface area contributed by atoms with Gasteiger partial charge in [-0.05, 0) is 6.42 Å². The molecule has 0 amide bonds. The molecule has 1 saturated heterocycles. The third-order valence-corrected chi connectivity index (χ3v) is 6.28. The normalized spacial score (nSPS) is 16.1. The Labute approximate surface area is 172 Å². The van der Waals surface area contributed by atoms with Crippen molar-refractivity contribution in [1.82, 2.24) is 0 Å². The predicted octanol–water partition coefficient (Wildman–Crippen LogP) is 9.38. The highest BCUT2D eigenvalue weighted by Crippen LogP contribution is 2.19. The topological polar surface area (TPSA) is 12.5 Å². The monoisotopic (exact) mass is 380 g/mol. The minimum atomic E-state index is 0.648. The second-order valence-electron chi connectivity index (χ2n) is 9.17. The van der Waals surface area contributed by atoms with Crippen molar-refractivity contribution >= 4 is 0 Å². The number of unbranched alkanes of at least 4 members (excludes halogenated alkanes) is 21. The molecule has 1 aliphatic heterocycles. The van der Waals surface area contributed by atoms with Gasteiger partial charge in [-0.25, -0.2) is 0 Å². The lowest BCUT2D eigenvalue weighted by atomic mass is 10.0. The van der Waals surface area contributed by atoms with Crippen molar-refractivity contribution in [3.8, 4) is 0 Å². The number of hydrogen-bond donors (Lipinski definition) is 0. The van der Waals surface area contributed by atoms with Crippen molar-refractivity contribution in [1.29, 1.82) is 0 Å². The lowest BCUT2D eigenvalue weighted by Crippen LogP contribution is -1.86. The molecule has 0 aromatic rings. The van der Waals surface area contributed by atoms with Crippen LogP contribution >= 0.6 is 0 Å². The second-order valence-corrected chi connectivity index (χ2v) is 9.17. The molecule has 0 bridgehead atoms. The van der Waals surface area contributed by atoms with Crippen LogP contribution in [0.5, 0.6) is 0 Å². The van der Waals surface area contributed by atoms with Crippen LogP contribution in [0.15, 0.2) is 0 Å². The molecule has 0 N–H and O–H groups in total. The highest BCUT2D eigenvalue weighted by atomic mass is 16.6. The molecule has 1 nitrogen and oxygen atoms in total. The molecule has 162 valence electrons. The zero-order valence-electron chi connectivity index (χ0n) is 19.0. The first-order valence-corrected chi connectivity index (χ1v) is 13.0. The Balaban J connectivity index is 1.59. The maximum absolute atomic E-state index is 5.26. The van der Waals surface area contributed by atoms with E-state index in [1.54, 1.807) is 0 Å². The smallest absolute Gasteiger partial charge is 0.0810 e. The predicted molar refractivity (Wildman–Crippen MR) is 122 cm³/mol. The quantitative estimate of drug-likeness (QED) is 0.127. The van der Waals surface area contributed by atoms with Gasteiger partial charge in [-0.1, -0.05) is 148 Å². The average Bonchev–Trinajstić information content (AvgIpc) is 3.50. The van der Waals surface area contributed by atoms with Gasteiger partial charge in [0.05, 0.1) is 12.7 Å². The summed E-state index contributed by atoms with van der Waals surface area (Å²) in [7, 11) is 0. The van der Waals surface area contributed by atoms with Gasteiger partial charge in [-0.3, -0.25) is 0 Å². The summed E-state index contributed by atoms with van der Waals surface area (Å²) < 4.78 is 5.26. The zero-order chi connectivity index (χ0) is 19.3. The summed E-state index contributed by atoms with van der Waals surface area (Å²) in [6.07, 6.45) is 34.2. The van der Waals surface area contributed by atoms with Gasteiger partial charge in [0.2, 0.25) is 0 Å². The van der Waals surface area contributed by atoms with E-state index in [-0.39, 0.29) is 0 Å². The molecule has 27 heavy (non-hydrogen) atoms. The fourth-order valence-electron chi connectivity index (χ4n) is 4.22. The van der Waals surface area contributed by atoms with Crippen LogP contribution < -0.4 is 0 Å². The number of epoxide rings is 1. The summed E-state index contributed by atoms with van der Waals surface area (Å²) in [6.45, 7) is 3.34. The molecule has 1 rings (SSSR count). The van der Waals surface area contributed by atoms with Gasteiger partial charge in [-0.15, -0.1) is 0 Å². The van der Waals surface area contributed by atoms with Crippen LogP contribution in [0.25, 0.3) is 0 Å². The van der Waals surface area contributed by atoms with E-state index in [9.17, 15) is 0 Å². The second kappa shape index (κ2) is 20.7. The molecule has 0 radical (unpaired) electrons. The van der Waals surface area contributed by atoms with Crippen LogP contribution in [0.2, 0.25) is 0 Å². The van der Waals surface area contributed by atoms with Gasteiger partial charge >= 0.3 is 0 Å². The van der Waals surface area contributed by atoms with E-state index in [0.29, 0.717) is 6.10 Å². The Morgan fingerprint density at radius 1 is 0.444 bits per heavy atom. The van der Waals surface area contributed by atoms with Crippen LogP contribution in [0, 0.1) is 0 Å². The van der Waals surface area contributed by atoms with Gasteiger partial charge in [0.1, 0.15) is 0 Å². The Morgan fingerprint density at radius 3 is 0.963 bits per heavy atom. The fourth-order valence-corrected chi connectivity index (χ4v) is 4.22. The Bertz CT molecular complexity index is 271. The van der Waals surface area contributed by atoms with Crippen LogP contribution in [0.4, 0.5) is 0 Å². The van der Waals surface area contributed by atoms with E-state index >= 15 is 0 Å². The van der Waals surface area contributed by atoms with Crippen molar-refractivity contribution in [3.05, 3.63) is 0 Å². The van der Waals surface area contributed by atoms with Gasteiger partial charge in [-0.2, -0.15) is 0 Å². The Kier molecular flexibility index (Phi) is 19.2. The van der Waals surface area contributed by atoms with Gasteiger partial charge in [0, 0.05) is 0 Å². The molecule has 1 aliphatic rings. The van der Waals surface area contributed by atoms with E-state index in [4.69, 9.17) is 4.74 Å². The SMILES string of the molecule is CCCCCCCCCCCCCCCCCCCCCCCC[C@H]1CO1. The molecule has 0 spiro atoms. The van der Waals surface area contributed by atoms with E-state index in [1.165, 1.54) is 148 Å². The highest BCUT2D eigenvalue weighted by molar-refractivity contribution is 4.68.